The Morgan fingerprint density at radius 3 is 1.30 bits per heavy atom. The molecule has 0 radical (unpaired) electrons. The van der Waals surface area contributed by atoms with E-state index in [1.165, 1.54) is 0 Å². The molecule has 33 heavy (non-hydrogen) atoms. The van der Waals surface area contributed by atoms with Crippen LogP contribution in [0.1, 0.15) is 43.0 Å². The average molecular weight is 607 g/mol. The van der Waals surface area contributed by atoms with Crippen molar-refractivity contribution in [3.8, 4) is 41.0 Å². The molecule has 0 saturated heterocycles. The third-order valence-electron chi connectivity index (χ3n) is 6.09. The van der Waals surface area contributed by atoms with E-state index in [1.807, 2.05) is 84.9 Å². The molecule has 0 bridgehead atoms. The fourth-order valence-electron chi connectivity index (χ4n) is 4.55. The van der Waals surface area contributed by atoms with Crippen molar-refractivity contribution in [1.29, 1.82) is 0 Å². The standard InChI is InChI=1S/2C15H7O.Hg/c2*1-2-10-7-8-12-11-5-3-4-6-13(11)15(16)14(12)9-10;/h2*3-9H;. The molecular formula is C30H14HgO2. The van der Waals surface area contributed by atoms with Crippen LogP contribution < -0.4 is 0 Å². The number of carbonyl (C=O) groups excluding carboxylic acids is 2. The van der Waals surface area contributed by atoms with Crippen LogP contribution in [0.25, 0.3) is 22.3 Å². The van der Waals surface area contributed by atoms with Gasteiger partial charge in [0.1, 0.15) is 0 Å². The minimum atomic E-state index is -1.72. The molecule has 0 heterocycles. The first-order valence-electron chi connectivity index (χ1n) is 10.7. The Bertz CT molecular complexity index is 1510. The van der Waals surface area contributed by atoms with Crippen molar-refractivity contribution in [2.24, 2.45) is 0 Å². The van der Waals surface area contributed by atoms with Gasteiger partial charge < -0.3 is 0 Å². The van der Waals surface area contributed by atoms with Crippen LogP contribution in [0.5, 0.6) is 0 Å². The second kappa shape index (κ2) is 8.00. The van der Waals surface area contributed by atoms with Crippen LogP contribution in [0.3, 0.4) is 0 Å². The molecule has 6 rings (SSSR count). The van der Waals surface area contributed by atoms with Crippen molar-refractivity contribution < 1.29 is 34.2 Å². The normalized spacial score (nSPS) is 11.8. The molecule has 0 saturated carbocycles. The van der Waals surface area contributed by atoms with Crippen molar-refractivity contribution in [3.63, 3.8) is 0 Å². The van der Waals surface area contributed by atoms with Gasteiger partial charge in [-0.25, -0.2) is 0 Å². The van der Waals surface area contributed by atoms with E-state index in [0.29, 0.717) is 0 Å². The van der Waals surface area contributed by atoms with Gasteiger partial charge in [-0.15, -0.1) is 0 Å². The summed E-state index contributed by atoms with van der Waals surface area (Å²) >= 11 is -1.72. The van der Waals surface area contributed by atoms with Crippen LogP contribution in [-0.2, 0) is 24.6 Å². The van der Waals surface area contributed by atoms with Crippen LogP contribution in [0.15, 0.2) is 84.9 Å². The number of fused-ring (bicyclic) bond motifs is 6. The van der Waals surface area contributed by atoms with Crippen molar-refractivity contribution in [1.82, 2.24) is 0 Å². The topological polar surface area (TPSA) is 34.1 Å². The zero-order chi connectivity index (χ0) is 22.4. The summed E-state index contributed by atoms with van der Waals surface area (Å²) in [5.74, 6) is 6.56. The molecule has 148 valence electrons. The van der Waals surface area contributed by atoms with Gasteiger partial charge in [-0.3, -0.25) is 0 Å². The van der Waals surface area contributed by atoms with E-state index < -0.39 is 24.6 Å². The molecule has 2 aliphatic carbocycles. The van der Waals surface area contributed by atoms with E-state index in [1.54, 1.807) is 0 Å². The van der Waals surface area contributed by atoms with Gasteiger partial charge in [-0.05, 0) is 0 Å². The van der Waals surface area contributed by atoms with E-state index in [4.69, 9.17) is 0 Å². The Morgan fingerprint density at radius 2 is 0.848 bits per heavy atom. The molecule has 4 aromatic carbocycles. The van der Waals surface area contributed by atoms with Gasteiger partial charge >= 0.3 is 205 Å². The van der Waals surface area contributed by atoms with Crippen molar-refractivity contribution in [3.05, 3.63) is 118 Å². The first-order valence-corrected chi connectivity index (χ1v) is 16.2. The summed E-state index contributed by atoms with van der Waals surface area (Å²) in [7, 11) is 0. The van der Waals surface area contributed by atoms with Crippen LogP contribution in [0.2, 0.25) is 0 Å². The van der Waals surface area contributed by atoms with Crippen molar-refractivity contribution >= 4 is 11.6 Å². The number of hydrogen-bond acceptors (Lipinski definition) is 2. The van der Waals surface area contributed by atoms with Gasteiger partial charge in [0.15, 0.2) is 0 Å². The maximum atomic E-state index is 12.7. The average Bonchev–Trinajstić information content (AvgIpc) is 3.30. The molecule has 3 heteroatoms. The van der Waals surface area contributed by atoms with Crippen LogP contribution in [0.4, 0.5) is 0 Å². The van der Waals surface area contributed by atoms with Gasteiger partial charge in [0.25, 0.3) is 0 Å². The number of ketones is 2. The van der Waals surface area contributed by atoms with E-state index in [2.05, 4.69) is 18.7 Å². The first kappa shape index (κ1) is 19.9. The zero-order valence-corrected chi connectivity index (χ0v) is 23.1. The number of carbonyl (C=O) groups is 2. The van der Waals surface area contributed by atoms with E-state index in [9.17, 15) is 9.59 Å². The van der Waals surface area contributed by atoms with Crippen LogP contribution in [0, 0.1) is 18.7 Å². The second-order valence-corrected chi connectivity index (χ2v) is 12.2. The van der Waals surface area contributed by atoms with Crippen LogP contribution in [-0.4, -0.2) is 11.6 Å². The van der Waals surface area contributed by atoms with E-state index in [0.717, 1.165) is 55.6 Å². The Labute approximate surface area is 204 Å². The maximum absolute atomic E-state index is 12.7. The van der Waals surface area contributed by atoms with Crippen LogP contribution >= 0.6 is 0 Å². The van der Waals surface area contributed by atoms with Gasteiger partial charge in [0, 0.05) is 0 Å². The second-order valence-electron chi connectivity index (χ2n) is 8.05. The Balaban J connectivity index is 1.19. The fourth-order valence-corrected chi connectivity index (χ4v) is 7.17. The molecule has 2 nitrogen and oxygen atoms in total. The first-order chi connectivity index (χ1) is 16.2. The Hall–Kier alpha value is -3.72. The molecule has 2 aliphatic rings. The number of hydrogen-bond donors (Lipinski definition) is 0. The number of rotatable bonds is 0. The third-order valence-corrected chi connectivity index (χ3v) is 8.84. The molecule has 0 amide bonds. The van der Waals surface area contributed by atoms with Gasteiger partial charge in [-0.1, -0.05) is 0 Å². The molecule has 0 atom stereocenters. The quantitative estimate of drug-likeness (QED) is 0.169. The summed E-state index contributed by atoms with van der Waals surface area (Å²) < 4.78 is 6.59. The van der Waals surface area contributed by atoms with Crippen molar-refractivity contribution in [2.75, 3.05) is 0 Å². The SMILES string of the molecule is O=C1c2ccccc2-c2ccc(C#[C][Hg][C]#Cc3ccc4c(c3)C(=O)c3ccccc3-4)cc21. The summed E-state index contributed by atoms with van der Waals surface area (Å²) in [5.41, 5.74) is 8.67. The summed E-state index contributed by atoms with van der Waals surface area (Å²) in [5, 5.41) is 0. The Morgan fingerprint density at radius 1 is 0.455 bits per heavy atom. The summed E-state index contributed by atoms with van der Waals surface area (Å²) in [6, 6.07) is 27.2. The predicted molar refractivity (Wildman–Crippen MR) is 124 cm³/mol. The van der Waals surface area contributed by atoms with E-state index >= 15 is 0 Å². The van der Waals surface area contributed by atoms with Gasteiger partial charge in [-0.2, -0.15) is 0 Å². The number of benzene rings is 4. The third kappa shape index (κ3) is 3.36. The summed E-state index contributed by atoms with van der Waals surface area (Å²) in [4.78, 5) is 25.3. The summed E-state index contributed by atoms with van der Waals surface area (Å²) in [6.45, 7) is 0. The fraction of sp³-hybridized carbons (Fsp3) is 0. The van der Waals surface area contributed by atoms with E-state index in [-0.39, 0.29) is 11.6 Å². The van der Waals surface area contributed by atoms with Crippen molar-refractivity contribution in [2.45, 2.75) is 0 Å². The zero-order valence-electron chi connectivity index (χ0n) is 17.6. The monoisotopic (exact) mass is 608 g/mol. The molecule has 4 aromatic rings. The Kier molecular flexibility index (Phi) is 4.83. The molecule has 0 fully saturated rings. The molecule has 0 spiro atoms. The molecule has 0 aromatic heterocycles. The molecular weight excluding hydrogens is 593 g/mol. The van der Waals surface area contributed by atoms with Gasteiger partial charge in [0.05, 0.1) is 0 Å². The molecule has 0 N–H and O–H groups in total. The minimum absolute atomic E-state index is 0.0712. The predicted octanol–water partition coefficient (Wildman–Crippen LogP) is 5.51. The molecule has 0 aliphatic heterocycles. The van der Waals surface area contributed by atoms with Gasteiger partial charge in [0.2, 0.25) is 0 Å². The molecule has 0 unspecified atom stereocenters. The summed E-state index contributed by atoms with van der Waals surface area (Å²) in [6.07, 6.45) is 0.